The van der Waals surface area contributed by atoms with Crippen LogP contribution in [0, 0.1) is 5.92 Å². The van der Waals surface area contributed by atoms with Crippen molar-refractivity contribution in [2.45, 2.75) is 50.4 Å². The molecule has 6 nitrogen and oxygen atoms in total. The Balaban J connectivity index is 1.44. The molecule has 172 valence electrons. The molecule has 1 aliphatic rings. The number of nitrogens with one attached hydrogen (secondary N) is 1. The molecule has 0 radical (unpaired) electrons. The van der Waals surface area contributed by atoms with Gasteiger partial charge in [-0.25, -0.2) is 15.4 Å². The van der Waals surface area contributed by atoms with Crippen molar-refractivity contribution in [3.05, 3.63) is 69.2 Å². The number of ether oxygens (including phenoxy) is 1. The Hall–Kier alpha value is -2.71. The maximum Gasteiger partial charge on any atom is 0.281 e. The van der Waals surface area contributed by atoms with E-state index in [9.17, 15) is 4.79 Å². The Kier molecular flexibility index (Phi) is 7.77. The van der Waals surface area contributed by atoms with Gasteiger partial charge in [0.05, 0.1) is 17.7 Å². The average molecular weight is 481 g/mol. The number of carbonyl (C=O) groups excluding carboxylic acids is 1. The van der Waals surface area contributed by atoms with Crippen LogP contribution in [0.4, 0.5) is 0 Å². The van der Waals surface area contributed by atoms with Crippen LogP contribution in [-0.2, 0) is 18.6 Å². The number of rotatable bonds is 8. The fourth-order valence-electron chi connectivity index (χ4n) is 3.93. The van der Waals surface area contributed by atoms with E-state index in [0.717, 1.165) is 46.2 Å². The van der Waals surface area contributed by atoms with E-state index in [4.69, 9.17) is 4.74 Å². The van der Waals surface area contributed by atoms with Gasteiger partial charge in [-0.05, 0) is 73.6 Å². The molecule has 0 saturated heterocycles. The molecule has 0 aliphatic heterocycles. The number of carbonyl (C=O) groups is 1. The number of methoxy groups -OCH3 is 1. The van der Waals surface area contributed by atoms with Gasteiger partial charge in [0, 0.05) is 28.6 Å². The zero-order valence-electron chi connectivity index (χ0n) is 19.1. The van der Waals surface area contributed by atoms with E-state index in [1.165, 1.54) is 23.3 Å². The van der Waals surface area contributed by atoms with E-state index in [1.54, 1.807) is 48.7 Å². The molecule has 0 saturated carbocycles. The molecule has 8 heteroatoms. The first kappa shape index (κ1) is 23.4. The van der Waals surface area contributed by atoms with Crippen molar-refractivity contribution in [3.63, 3.8) is 0 Å². The van der Waals surface area contributed by atoms with Gasteiger partial charge in [0.25, 0.3) is 5.91 Å². The lowest BCUT2D eigenvalue weighted by Gasteiger charge is -2.19. The molecule has 0 spiro atoms. The predicted molar refractivity (Wildman–Crippen MR) is 134 cm³/mol. The zero-order valence-corrected chi connectivity index (χ0v) is 20.8. The number of benzene rings is 1. The second kappa shape index (κ2) is 10.9. The van der Waals surface area contributed by atoms with Gasteiger partial charge in [-0.15, -0.1) is 11.3 Å². The first-order valence-electron chi connectivity index (χ1n) is 11.1. The van der Waals surface area contributed by atoms with Crippen LogP contribution in [0.3, 0.4) is 0 Å². The van der Waals surface area contributed by atoms with Crippen LogP contribution >= 0.6 is 23.1 Å². The molecular weight excluding hydrogens is 452 g/mol. The van der Waals surface area contributed by atoms with Gasteiger partial charge in [0.2, 0.25) is 0 Å². The Morgan fingerprint density at radius 1 is 1.30 bits per heavy atom. The molecule has 0 fully saturated rings. The van der Waals surface area contributed by atoms with Crippen molar-refractivity contribution in [1.29, 1.82) is 0 Å². The number of thiophene rings is 1. The second-order valence-electron chi connectivity index (χ2n) is 8.06. The van der Waals surface area contributed by atoms with E-state index in [-0.39, 0.29) is 5.91 Å². The molecule has 1 aromatic carbocycles. The summed E-state index contributed by atoms with van der Waals surface area (Å²) in [5.74, 6) is 2.06. The smallest absolute Gasteiger partial charge is 0.281 e. The summed E-state index contributed by atoms with van der Waals surface area (Å²) in [5, 5.41) is 5.09. The van der Waals surface area contributed by atoms with Gasteiger partial charge in [0.15, 0.2) is 5.16 Å². The number of fused-ring (bicyclic) bond motifs is 1. The van der Waals surface area contributed by atoms with E-state index in [0.29, 0.717) is 10.9 Å². The van der Waals surface area contributed by atoms with Crippen molar-refractivity contribution in [2.75, 3.05) is 7.11 Å². The van der Waals surface area contributed by atoms with E-state index >= 15 is 0 Å². The largest absolute Gasteiger partial charge is 0.496 e. The van der Waals surface area contributed by atoms with Crippen LogP contribution in [0.2, 0.25) is 0 Å². The summed E-state index contributed by atoms with van der Waals surface area (Å²) in [5.41, 5.74) is 6.76. The molecule has 3 aromatic rings. The van der Waals surface area contributed by atoms with Gasteiger partial charge in [0.1, 0.15) is 5.75 Å². The van der Waals surface area contributed by atoms with Crippen LogP contribution in [0.25, 0.3) is 0 Å². The van der Waals surface area contributed by atoms with Crippen LogP contribution in [0.15, 0.2) is 53.0 Å². The fraction of sp³-hybridized carbons (Fsp3) is 0.360. The molecule has 1 atom stereocenters. The Labute approximate surface area is 202 Å². The number of hydrazone groups is 1. The van der Waals surface area contributed by atoms with Crippen molar-refractivity contribution in [2.24, 2.45) is 11.0 Å². The Morgan fingerprint density at radius 3 is 2.88 bits per heavy atom. The third-order valence-corrected chi connectivity index (χ3v) is 8.07. The minimum atomic E-state index is -0.146. The topological polar surface area (TPSA) is 76.5 Å². The predicted octanol–water partition coefficient (Wildman–Crippen LogP) is 5.51. The summed E-state index contributed by atoms with van der Waals surface area (Å²) in [4.78, 5) is 23.3. The van der Waals surface area contributed by atoms with Gasteiger partial charge in [-0.1, -0.05) is 25.1 Å². The third kappa shape index (κ3) is 5.81. The van der Waals surface area contributed by atoms with Crippen molar-refractivity contribution in [1.82, 2.24) is 15.4 Å². The first-order valence-corrected chi connectivity index (χ1v) is 12.9. The number of amides is 1. The minimum Gasteiger partial charge on any atom is -0.496 e. The summed E-state index contributed by atoms with van der Waals surface area (Å²) < 4.78 is 5.52. The van der Waals surface area contributed by atoms with Gasteiger partial charge in [-0.3, -0.25) is 4.79 Å². The van der Waals surface area contributed by atoms with E-state index < -0.39 is 0 Å². The van der Waals surface area contributed by atoms with Crippen molar-refractivity contribution in [3.8, 4) is 5.75 Å². The SMILES string of the molecule is CCC1CCc2sc(C(=O)NN=C(C)c3ccc(OC)c(CSc4ncccn4)c3)cc2C1. The van der Waals surface area contributed by atoms with Crippen LogP contribution in [0.1, 0.15) is 57.9 Å². The van der Waals surface area contributed by atoms with E-state index in [1.807, 2.05) is 25.1 Å². The Bertz CT molecular complexity index is 1140. The molecule has 4 rings (SSSR count). The third-order valence-electron chi connectivity index (χ3n) is 5.91. The van der Waals surface area contributed by atoms with E-state index in [2.05, 4.69) is 33.5 Å². The summed E-state index contributed by atoms with van der Waals surface area (Å²) in [6.07, 6.45) is 8.04. The average Bonchev–Trinajstić information content (AvgIpc) is 3.29. The number of aromatic nitrogens is 2. The quantitative estimate of drug-likeness (QED) is 0.199. The molecule has 1 N–H and O–H groups in total. The van der Waals surface area contributed by atoms with Crippen LogP contribution in [-0.4, -0.2) is 28.7 Å². The first-order chi connectivity index (χ1) is 16.1. The maximum atomic E-state index is 12.7. The molecular formula is C25H28N4O2S2. The zero-order chi connectivity index (χ0) is 23.2. The number of hydrogen-bond donors (Lipinski definition) is 1. The molecule has 1 unspecified atom stereocenters. The minimum absolute atomic E-state index is 0.146. The summed E-state index contributed by atoms with van der Waals surface area (Å²) >= 11 is 3.15. The summed E-state index contributed by atoms with van der Waals surface area (Å²) in [6, 6.07) is 9.76. The number of nitrogens with zero attached hydrogens (tertiary/aromatic N) is 3. The second-order valence-corrected chi connectivity index (χ2v) is 10.1. The van der Waals surface area contributed by atoms with Crippen molar-refractivity contribution < 1.29 is 9.53 Å². The normalized spacial score (nSPS) is 15.7. The Morgan fingerprint density at radius 2 is 2.12 bits per heavy atom. The van der Waals surface area contributed by atoms with Gasteiger partial charge in [-0.2, -0.15) is 5.10 Å². The van der Waals surface area contributed by atoms with Crippen LogP contribution < -0.4 is 10.2 Å². The molecule has 2 aromatic heterocycles. The molecule has 0 bridgehead atoms. The van der Waals surface area contributed by atoms with Crippen molar-refractivity contribution >= 4 is 34.7 Å². The summed E-state index contributed by atoms with van der Waals surface area (Å²) in [6.45, 7) is 4.14. The highest BCUT2D eigenvalue weighted by Gasteiger charge is 2.22. The van der Waals surface area contributed by atoms with Gasteiger partial charge >= 0.3 is 0 Å². The van der Waals surface area contributed by atoms with Crippen LogP contribution in [0.5, 0.6) is 5.75 Å². The number of hydrogen-bond acceptors (Lipinski definition) is 7. The molecule has 1 amide bonds. The lowest BCUT2D eigenvalue weighted by Crippen LogP contribution is -2.18. The maximum absolute atomic E-state index is 12.7. The standard InChI is InChI=1S/C25H28N4O2S2/c1-4-17-6-9-22-19(12-17)14-23(33-22)24(30)29-28-16(2)18-7-8-21(31-3)20(13-18)15-32-25-26-10-5-11-27-25/h5,7-8,10-11,13-14,17H,4,6,9,12,15H2,1-3H3,(H,29,30). The monoisotopic (exact) mass is 480 g/mol. The number of aryl methyl sites for hydroxylation is 1. The molecule has 2 heterocycles. The lowest BCUT2D eigenvalue weighted by atomic mass is 9.87. The molecule has 33 heavy (non-hydrogen) atoms. The highest BCUT2D eigenvalue weighted by atomic mass is 32.2. The number of thioether (sulfide) groups is 1. The molecule has 1 aliphatic carbocycles. The summed E-state index contributed by atoms with van der Waals surface area (Å²) in [7, 11) is 1.66. The fourth-order valence-corrected chi connectivity index (χ4v) is 5.81. The highest BCUT2D eigenvalue weighted by Crippen LogP contribution is 2.33. The highest BCUT2D eigenvalue weighted by molar-refractivity contribution is 7.98. The van der Waals surface area contributed by atoms with Gasteiger partial charge < -0.3 is 4.74 Å². The lowest BCUT2D eigenvalue weighted by molar-refractivity contribution is 0.0959.